The number of carboxylic acid groups (broad SMARTS) is 1. The molecule has 0 aliphatic heterocycles. The second kappa shape index (κ2) is 2.92. The van der Waals surface area contributed by atoms with Crippen molar-refractivity contribution in [1.82, 2.24) is 4.98 Å². The molecule has 0 spiro atoms. The summed E-state index contributed by atoms with van der Waals surface area (Å²) in [6.45, 7) is 0. The molecule has 1 aromatic heterocycles. The minimum Gasteiger partial charge on any atom is -0.477 e. The van der Waals surface area contributed by atoms with E-state index in [4.69, 9.17) is 5.11 Å². The highest BCUT2D eigenvalue weighted by Gasteiger charge is 2.03. The minimum atomic E-state index is -1.15. The summed E-state index contributed by atoms with van der Waals surface area (Å²) in [5, 5.41) is 8.41. The summed E-state index contributed by atoms with van der Waals surface area (Å²) in [6, 6.07) is 2.55. The van der Waals surface area contributed by atoms with Gasteiger partial charge in [0.15, 0.2) is 0 Å². The van der Waals surface area contributed by atoms with Crippen molar-refractivity contribution in [2.24, 2.45) is 0 Å². The Morgan fingerprint density at radius 1 is 1.64 bits per heavy atom. The molecule has 55 valence electrons. The van der Waals surface area contributed by atoms with Crippen LogP contribution in [0.2, 0.25) is 0 Å². The monoisotopic (exact) mass is 150 g/mol. The summed E-state index contributed by atoms with van der Waals surface area (Å²) in [6.07, 6.45) is 2.82. The van der Waals surface area contributed by atoms with Crippen LogP contribution in [0.15, 0.2) is 18.3 Å². The van der Waals surface area contributed by atoms with Crippen LogP contribution < -0.4 is 0 Å². The van der Waals surface area contributed by atoms with Crippen LogP contribution in [0.25, 0.3) is 0 Å². The standard InChI is InChI=1S/C7H4NO3/c9-4-5-1-2-8-6(3-5)7(10)11/h1-3H,(H,10,11). The summed E-state index contributed by atoms with van der Waals surface area (Å²) in [7, 11) is 0. The van der Waals surface area contributed by atoms with Crippen LogP contribution in [-0.4, -0.2) is 22.3 Å². The predicted molar refractivity (Wildman–Crippen MR) is 36.0 cm³/mol. The van der Waals surface area contributed by atoms with E-state index in [-0.39, 0.29) is 11.3 Å². The number of carbonyl (C=O) groups excluding carboxylic acids is 1. The van der Waals surface area contributed by atoms with Crippen LogP contribution in [0, 0.1) is 0 Å². The number of hydrogen-bond donors (Lipinski definition) is 1. The molecule has 0 fully saturated rings. The van der Waals surface area contributed by atoms with Crippen molar-refractivity contribution < 1.29 is 14.7 Å². The molecule has 0 aliphatic carbocycles. The van der Waals surface area contributed by atoms with Crippen molar-refractivity contribution >= 4 is 12.3 Å². The Labute approximate surface area is 62.5 Å². The molecule has 1 aromatic rings. The van der Waals surface area contributed by atoms with Gasteiger partial charge < -0.3 is 5.11 Å². The van der Waals surface area contributed by atoms with Crippen LogP contribution in [0.3, 0.4) is 0 Å². The van der Waals surface area contributed by atoms with Crippen molar-refractivity contribution in [3.8, 4) is 0 Å². The SMILES string of the molecule is O=[C]c1ccnc(C(=O)O)c1. The van der Waals surface area contributed by atoms with Gasteiger partial charge in [-0.1, -0.05) is 0 Å². The number of nitrogens with zero attached hydrogens (tertiary/aromatic N) is 1. The molecule has 0 aliphatic rings. The molecule has 1 N–H and O–H groups in total. The lowest BCUT2D eigenvalue weighted by Gasteiger charge is -1.91. The minimum absolute atomic E-state index is 0.147. The van der Waals surface area contributed by atoms with E-state index >= 15 is 0 Å². The normalized spacial score (nSPS) is 9.09. The first kappa shape index (κ1) is 7.40. The lowest BCUT2D eigenvalue weighted by atomic mass is 10.2. The molecule has 1 rings (SSSR count). The summed E-state index contributed by atoms with van der Waals surface area (Å²) in [5.41, 5.74) is 0.0447. The van der Waals surface area contributed by atoms with E-state index in [1.54, 1.807) is 6.29 Å². The van der Waals surface area contributed by atoms with Gasteiger partial charge in [0.2, 0.25) is 6.29 Å². The van der Waals surface area contributed by atoms with E-state index in [1.807, 2.05) is 0 Å². The van der Waals surface area contributed by atoms with Gasteiger partial charge in [-0.25, -0.2) is 9.78 Å². The van der Waals surface area contributed by atoms with Crippen molar-refractivity contribution in [1.29, 1.82) is 0 Å². The molecule has 0 saturated carbocycles. The van der Waals surface area contributed by atoms with E-state index in [0.717, 1.165) is 6.07 Å². The Kier molecular flexibility index (Phi) is 1.96. The molecular weight excluding hydrogens is 146 g/mol. The molecular formula is C7H4NO3. The quantitative estimate of drug-likeness (QED) is 0.655. The van der Waals surface area contributed by atoms with E-state index in [1.165, 1.54) is 12.3 Å². The predicted octanol–water partition coefficient (Wildman–Crippen LogP) is 0.238. The molecule has 0 saturated heterocycles. The molecule has 1 radical (unpaired) electrons. The maximum atomic E-state index is 10.3. The molecule has 11 heavy (non-hydrogen) atoms. The van der Waals surface area contributed by atoms with Gasteiger partial charge in [0.1, 0.15) is 5.69 Å². The molecule has 4 nitrogen and oxygen atoms in total. The Bertz CT molecular complexity index is 295. The van der Waals surface area contributed by atoms with E-state index < -0.39 is 5.97 Å². The van der Waals surface area contributed by atoms with Crippen LogP contribution >= 0.6 is 0 Å². The maximum Gasteiger partial charge on any atom is 0.354 e. The Morgan fingerprint density at radius 3 is 2.91 bits per heavy atom. The van der Waals surface area contributed by atoms with Crippen LogP contribution in [-0.2, 0) is 4.79 Å². The Morgan fingerprint density at radius 2 is 2.36 bits per heavy atom. The molecule has 0 aromatic carbocycles. The average molecular weight is 150 g/mol. The first-order valence-electron chi connectivity index (χ1n) is 2.81. The molecule has 0 atom stereocenters. The number of aromatic nitrogens is 1. The number of pyridine rings is 1. The van der Waals surface area contributed by atoms with Crippen molar-refractivity contribution in [2.45, 2.75) is 0 Å². The number of aromatic carboxylic acids is 1. The molecule has 4 heteroatoms. The van der Waals surface area contributed by atoms with E-state index in [0.29, 0.717) is 0 Å². The number of carbonyl (C=O) groups is 1. The van der Waals surface area contributed by atoms with Crippen LogP contribution in [0.4, 0.5) is 0 Å². The molecule has 0 unspecified atom stereocenters. The fourth-order valence-electron chi connectivity index (χ4n) is 0.611. The zero-order valence-electron chi connectivity index (χ0n) is 5.44. The lowest BCUT2D eigenvalue weighted by Crippen LogP contribution is -2.00. The highest BCUT2D eigenvalue weighted by Crippen LogP contribution is 1.97. The average Bonchev–Trinajstić information content (AvgIpc) is 2.05. The molecule has 1 heterocycles. The molecule has 0 amide bonds. The van der Waals surface area contributed by atoms with Crippen LogP contribution in [0.5, 0.6) is 0 Å². The lowest BCUT2D eigenvalue weighted by molar-refractivity contribution is 0.0690. The zero-order chi connectivity index (χ0) is 8.27. The maximum absolute atomic E-state index is 10.3. The van der Waals surface area contributed by atoms with Crippen LogP contribution in [0.1, 0.15) is 16.1 Å². The fraction of sp³-hybridized carbons (Fsp3) is 0. The van der Waals surface area contributed by atoms with Crippen molar-refractivity contribution in [2.75, 3.05) is 0 Å². The summed E-state index contributed by atoms with van der Waals surface area (Å²) >= 11 is 0. The van der Waals surface area contributed by atoms with E-state index in [9.17, 15) is 9.59 Å². The highest BCUT2D eigenvalue weighted by molar-refractivity contribution is 5.87. The summed E-state index contributed by atoms with van der Waals surface area (Å²) < 4.78 is 0. The van der Waals surface area contributed by atoms with Gasteiger partial charge in [0.05, 0.1) is 0 Å². The largest absolute Gasteiger partial charge is 0.477 e. The Hall–Kier alpha value is -1.71. The summed E-state index contributed by atoms with van der Waals surface area (Å²) in [5.74, 6) is -1.15. The third kappa shape index (κ3) is 1.61. The van der Waals surface area contributed by atoms with Gasteiger partial charge in [0, 0.05) is 11.8 Å². The van der Waals surface area contributed by atoms with Gasteiger partial charge in [-0.05, 0) is 12.1 Å². The van der Waals surface area contributed by atoms with Gasteiger partial charge in [-0.3, -0.25) is 4.79 Å². The van der Waals surface area contributed by atoms with Gasteiger partial charge in [-0.2, -0.15) is 0 Å². The zero-order valence-corrected chi connectivity index (χ0v) is 5.44. The van der Waals surface area contributed by atoms with Crippen molar-refractivity contribution in [3.05, 3.63) is 29.6 Å². The third-order valence-electron chi connectivity index (χ3n) is 1.10. The summed E-state index contributed by atoms with van der Waals surface area (Å²) in [4.78, 5) is 23.8. The second-order valence-electron chi connectivity index (χ2n) is 1.84. The number of rotatable bonds is 2. The van der Waals surface area contributed by atoms with Gasteiger partial charge in [0.25, 0.3) is 0 Å². The first-order chi connectivity index (χ1) is 5.24. The van der Waals surface area contributed by atoms with E-state index in [2.05, 4.69) is 4.98 Å². The molecule has 0 bridgehead atoms. The third-order valence-corrected chi connectivity index (χ3v) is 1.10. The fourth-order valence-corrected chi connectivity index (χ4v) is 0.611. The number of hydrogen-bond acceptors (Lipinski definition) is 3. The highest BCUT2D eigenvalue weighted by atomic mass is 16.4. The smallest absolute Gasteiger partial charge is 0.354 e. The number of carboxylic acids is 1. The first-order valence-corrected chi connectivity index (χ1v) is 2.81. The second-order valence-corrected chi connectivity index (χ2v) is 1.84. The Balaban J connectivity index is 3.10. The van der Waals surface area contributed by atoms with Crippen molar-refractivity contribution in [3.63, 3.8) is 0 Å². The van der Waals surface area contributed by atoms with Gasteiger partial charge >= 0.3 is 5.97 Å². The van der Waals surface area contributed by atoms with Gasteiger partial charge in [-0.15, -0.1) is 0 Å². The topological polar surface area (TPSA) is 67.3 Å².